The first-order valence-corrected chi connectivity index (χ1v) is 7.26. The third-order valence-electron chi connectivity index (χ3n) is 2.91. The third kappa shape index (κ3) is 3.11. The fraction of sp³-hybridized carbons (Fsp3) is 0.0667. The van der Waals surface area contributed by atoms with E-state index in [0.717, 1.165) is 11.3 Å². The normalized spacial score (nSPS) is 10.5. The molecule has 0 atom stereocenters. The van der Waals surface area contributed by atoms with Crippen molar-refractivity contribution in [2.24, 2.45) is 0 Å². The molecule has 2 aromatic heterocycles. The number of nitrogens with zero attached hydrogens (tertiary/aromatic N) is 2. The number of nitrogens with two attached hydrogens (primary N) is 1. The average Bonchev–Trinajstić information content (AvgIpc) is 3.17. The van der Waals surface area contributed by atoms with Crippen LogP contribution in [-0.4, -0.2) is 15.7 Å². The molecule has 106 valence electrons. The zero-order chi connectivity index (χ0) is 14.7. The highest BCUT2D eigenvalue weighted by Gasteiger charge is 2.12. The van der Waals surface area contributed by atoms with E-state index in [1.54, 1.807) is 40.4 Å². The first-order chi connectivity index (χ1) is 10.2. The Morgan fingerprint density at radius 3 is 2.76 bits per heavy atom. The van der Waals surface area contributed by atoms with Crippen LogP contribution in [0.4, 0.5) is 5.69 Å². The number of hydrogen-bond acceptors (Lipinski definition) is 5. The van der Waals surface area contributed by atoms with E-state index >= 15 is 0 Å². The zero-order valence-corrected chi connectivity index (χ0v) is 11.9. The highest BCUT2D eigenvalue weighted by atomic mass is 32.1. The van der Waals surface area contributed by atoms with Crippen molar-refractivity contribution in [3.05, 3.63) is 64.6 Å². The average molecular weight is 299 g/mol. The van der Waals surface area contributed by atoms with Crippen LogP contribution in [0.25, 0.3) is 5.69 Å². The third-order valence-corrected chi connectivity index (χ3v) is 3.64. The van der Waals surface area contributed by atoms with Crippen LogP contribution in [0.15, 0.2) is 53.4 Å². The number of hydrogen-bond donors (Lipinski definition) is 1. The number of benzene rings is 1. The van der Waals surface area contributed by atoms with Gasteiger partial charge in [-0.25, -0.2) is 9.48 Å². The quantitative estimate of drug-likeness (QED) is 0.594. The lowest BCUT2D eigenvalue weighted by molar-refractivity contribution is 0.0465. The Bertz CT molecular complexity index is 733. The van der Waals surface area contributed by atoms with Crippen molar-refractivity contribution in [2.75, 3.05) is 5.73 Å². The van der Waals surface area contributed by atoms with Gasteiger partial charge in [0.25, 0.3) is 0 Å². The molecule has 1 aromatic carbocycles. The molecule has 0 saturated carbocycles. The van der Waals surface area contributed by atoms with E-state index in [9.17, 15) is 4.79 Å². The van der Waals surface area contributed by atoms with Gasteiger partial charge in [0.1, 0.15) is 6.61 Å². The molecule has 0 amide bonds. The van der Waals surface area contributed by atoms with Crippen molar-refractivity contribution in [1.82, 2.24) is 9.78 Å². The molecule has 0 fully saturated rings. The van der Waals surface area contributed by atoms with Crippen molar-refractivity contribution < 1.29 is 9.53 Å². The molecule has 0 bridgehead atoms. The van der Waals surface area contributed by atoms with Crippen LogP contribution in [0.2, 0.25) is 0 Å². The summed E-state index contributed by atoms with van der Waals surface area (Å²) in [7, 11) is 0. The van der Waals surface area contributed by atoms with E-state index in [-0.39, 0.29) is 12.3 Å². The van der Waals surface area contributed by atoms with Gasteiger partial charge in [0, 0.05) is 17.4 Å². The van der Waals surface area contributed by atoms with Gasteiger partial charge in [-0.3, -0.25) is 0 Å². The Morgan fingerprint density at radius 1 is 1.24 bits per heavy atom. The number of carbonyl (C=O) groups excluding carboxylic acids is 1. The molecule has 0 unspecified atom stereocenters. The number of nitrogen functional groups attached to an aromatic ring is 1. The SMILES string of the molecule is Nc1ccc(-n2ccc(C(=O)OCc3ccsc3)n2)cc1. The van der Waals surface area contributed by atoms with Gasteiger partial charge in [0.15, 0.2) is 5.69 Å². The topological polar surface area (TPSA) is 70.1 Å². The molecular formula is C15H13N3O2S. The van der Waals surface area contributed by atoms with Crippen molar-refractivity contribution >= 4 is 23.0 Å². The molecular weight excluding hydrogens is 286 g/mol. The Labute approximate surface area is 125 Å². The maximum atomic E-state index is 11.9. The molecule has 3 aromatic rings. The van der Waals surface area contributed by atoms with Crippen LogP contribution in [0.3, 0.4) is 0 Å². The molecule has 0 aliphatic carbocycles. The maximum absolute atomic E-state index is 11.9. The lowest BCUT2D eigenvalue weighted by Gasteiger charge is -2.02. The molecule has 0 aliphatic rings. The second-order valence-electron chi connectivity index (χ2n) is 4.44. The van der Waals surface area contributed by atoms with Crippen LogP contribution in [-0.2, 0) is 11.3 Å². The summed E-state index contributed by atoms with van der Waals surface area (Å²) in [4.78, 5) is 11.9. The summed E-state index contributed by atoms with van der Waals surface area (Å²) in [6.07, 6.45) is 1.71. The molecule has 6 heteroatoms. The van der Waals surface area contributed by atoms with Gasteiger partial charge in [-0.1, -0.05) is 0 Å². The van der Waals surface area contributed by atoms with E-state index in [2.05, 4.69) is 5.10 Å². The molecule has 0 aliphatic heterocycles. The van der Waals surface area contributed by atoms with Crippen molar-refractivity contribution in [2.45, 2.75) is 6.61 Å². The van der Waals surface area contributed by atoms with Gasteiger partial charge in [-0.2, -0.15) is 16.4 Å². The van der Waals surface area contributed by atoms with E-state index in [1.807, 2.05) is 29.0 Å². The molecule has 0 spiro atoms. The molecule has 2 heterocycles. The lowest BCUT2D eigenvalue weighted by Crippen LogP contribution is -2.07. The van der Waals surface area contributed by atoms with Crippen LogP contribution < -0.4 is 5.73 Å². The number of anilines is 1. The minimum absolute atomic E-state index is 0.261. The summed E-state index contributed by atoms with van der Waals surface area (Å²) < 4.78 is 6.82. The van der Waals surface area contributed by atoms with Gasteiger partial charge in [-0.15, -0.1) is 0 Å². The number of aromatic nitrogens is 2. The van der Waals surface area contributed by atoms with Crippen LogP contribution in [0.5, 0.6) is 0 Å². The summed E-state index contributed by atoms with van der Waals surface area (Å²) in [5, 5.41) is 8.10. The summed E-state index contributed by atoms with van der Waals surface area (Å²) in [5.41, 5.74) is 8.42. The highest BCUT2D eigenvalue weighted by molar-refractivity contribution is 7.07. The van der Waals surface area contributed by atoms with E-state index in [1.165, 1.54) is 0 Å². The van der Waals surface area contributed by atoms with Gasteiger partial charge < -0.3 is 10.5 Å². The highest BCUT2D eigenvalue weighted by Crippen LogP contribution is 2.12. The Balaban J connectivity index is 1.69. The van der Waals surface area contributed by atoms with Gasteiger partial charge in [-0.05, 0) is 47.2 Å². The van der Waals surface area contributed by atoms with Gasteiger partial charge in [0.2, 0.25) is 0 Å². The van der Waals surface area contributed by atoms with E-state index in [4.69, 9.17) is 10.5 Å². The Hall–Kier alpha value is -2.60. The molecule has 2 N–H and O–H groups in total. The summed E-state index contributed by atoms with van der Waals surface area (Å²) in [6, 6.07) is 10.8. The summed E-state index contributed by atoms with van der Waals surface area (Å²) in [5.74, 6) is -0.435. The first-order valence-electron chi connectivity index (χ1n) is 6.32. The maximum Gasteiger partial charge on any atom is 0.359 e. The largest absolute Gasteiger partial charge is 0.456 e. The minimum Gasteiger partial charge on any atom is -0.456 e. The summed E-state index contributed by atoms with van der Waals surface area (Å²) >= 11 is 1.57. The second kappa shape index (κ2) is 5.80. The Kier molecular flexibility index (Phi) is 3.70. The predicted molar refractivity (Wildman–Crippen MR) is 81.4 cm³/mol. The van der Waals surface area contributed by atoms with E-state index < -0.39 is 5.97 Å². The van der Waals surface area contributed by atoms with Crippen molar-refractivity contribution in [3.8, 4) is 5.69 Å². The lowest BCUT2D eigenvalue weighted by atomic mass is 10.3. The van der Waals surface area contributed by atoms with Crippen molar-refractivity contribution in [1.29, 1.82) is 0 Å². The minimum atomic E-state index is -0.435. The predicted octanol–water partition coefficient (Wildman–Crippen LogP) is 2.87. The molecule has 3 rings (SSSR count). The zero-order valence-electron chi connectivity index (χ0n) is 11.1. The number of esters is 1. The standard InChI is InChI=1S/C15H13N3O2S/c16-12-1-3-13(4-2-12)18-7-5-14(17-18)15(19)20-9-11-6-8-21-10-11/h1-8,10H,9,16H2. The van der Waals surface area contributed by atoms with Crippen LogP contribution >= 0.6 is 11.3 Å². The van der Waals surface area contributed by atoms with Gasteiger partial charge in [0.05, 0.1) is 5.69 Å². The smallest absolute Gasteiger partial charge is 0.359 e. The molecule has 5 nitrogen and oxygen atoms in total. The van der Waals surface area contributed by atoms with Crippen LogP contribution in [0.1, 0.15) is 16.1 Å². The van der Waals surface area contributed by atoms with Crippen molar-refractivity contribution in [3.63, 3.8) is 0 Å². The monoisotopic (exact) mass is 299 g/mol. The molecule has 0 radical (unpaired) electrons. The Morgan fingerprint density at radius 2 is 2.05 bits per heavy atom. The molecule has 0 saturated heterocycles. The summed E-state index contributed by atoms with van der Waals surface area (Å²) in [6.45, 7) is 0.261. The first kappa shape index (κ1) is 13.4. The second-order valence-corrected chi connectivity index (χ2v) is 5.22. The number of carbonyl (C=O) groups is 1. The number of thiophene rings is 1. The van der Waals surface area contributed by atoms with E-state index in [0.29, 0.717) is 5.69 Å². The fourth-order valence-electron chi connectivity index (χ4n) is 1.80. The van der Waals surface area contributed by atoms with Gasteiger partial charge >= 0.3 is 5.97 Å². The number of rotatable bonds is 4. The van der Waals surface area contributed by atoms with Crippen LogP contribution in [0, 0.1) is 0 Å². The number of ether oxygens (including phenoxy) is 1. The fourth-order valence-corrected chi connectivity index (χ4v) is 2.45. The molecule has 21 heavy (non-hydrogen) atoms.